The number of allylic oxidation sites excluding steroid dienone is 6. The predicted octanol–water partition coefficient (Wildman–Crippen LogP) is 9.27. The fraction of sp³-hybridized carbons (Fsp3) is 0.727. The number of hydrogen-bond donors (Lipinski definition) is 3. The molecule has 0 aliphatic carbocycles. The minimum atomic E-state index is -0.417. The van der Waals surface area contributed by atoms with E-state index in [1.54, 1.807) is 0 Å². The molecule has 0 bridgehead atoms. The topological polar surface area (TPSA) is 112 Å². The number of carbonyl (C=O) groups excluding carboxylic acids is 3. The Morgan fingerprint density at radius 3 is 0.550 bits per heavy atom. The van der Waals surface area contributed by atoms with Crippen LogP contribution in [0.5, 0.6) is 0 Å². The van der Waals surface area contributed by atoms with Gasteiger partial charge in [-0.05, 0) is 0 Å². The quantitative estimate of drug-likeness (QED) is 0.169. The van der Waals surface area contributed by atoms with Crippen molar-refractivity contribution >= 4 is 17.3 Å². The molecule has 3 N–H and O–H groups in total. The summed E-state index contributed by atoms with van der Waals surface area (Å²) in [5.74, 6) is 0.312. The molecule has 40 heavy (non-hydrogen) atoms. The second kappa shape index (κ2) is 16.1. The van der Waals surface area contributed by atoms with Crippen LogP contribution >= 0.6 is 0 Å². The number of ketones is 3. The molecule has 0 fully saturated rings. The number of hydrogen-bond acceptors (Lipinski definition) is 6. The van der Waals surface area contributed by atoms with Crippen molar-refractivity contribution in [3.05, 3.63) is 35.5 Å². The molecule has 0 saturated heterocycles. The average molecular weight is 601 g/mol. The minimum Gasteiger partial charge on any atom is -0.512 e. The molecule has 0 aromatic heterocycles. The van der Waals surface area contributed by atoms with Gasteiger partial charge < -0.3 is 15.3 Å². The number of rotatable bonds is 3. The van der Waals surface area contributed by atoms with Gasteiger partial charge in [0.25, 0.3) is 0 Å². The van der Waals surface area contributed by atoms with Crippen LogP contribution in [-0.4, -0.2) is 32.7 Å². The van der Waals surface area contributed by atoms with E-state index in [4.69, 9.17) is 0 Å². The Labute approximate surface area is 260 Å². The summed E-state index contributed by atoms with van der Waals surface area (Å²) < 4.78 is 0. The maximum absolute atomic E-state index is 11.5. The molecule has 0 atom stereocenters. The summed E-state index contributed by atoms with van der Waals surface area (Å²) in [5.41, 5.74) is -2.29. The van der Waals surface area contributed by atoms with Gasteiger partial charge in [-0.25, -0.2) is 0 Å². The molecule has 0 aliphatic heterocycles. The van der Waals surface area contributed by atoms with Crippen molar-refractivity contribution in [1.82, 2.24) is 0 Å². The summed E-state index contributed by atoms with van der Waals surface area (Å²) in [6.45, 7) is 33.3. The van der Waals surface area contributed by atoms with Gasteiger partial charge in [-0.2, -0.15) is 0 Å². The van der Waals surface area contributed by atoms with Crippen LogP contribution in [0.1, 0.15) is 125 Å². The molecule has 0 spiro atoms. The van der Waals surface area contributed by atoms with Crippen LogP contribution in [0.4, 0.5) is 0 Å². The van der Waals surface area contributed by atoms with E-state index in [2.05, 4.69) is 0 Å². The van der Waals surface area contributed by atoms with Gasteiger partial charge in [-0.15, -0.1) is 0 Å². The van der Waals surface area contributed by atoms with Crippen LogP contribution in [0.3, 0.4) is 0 Å². The molecule has 0 aromatic rings. The van der Waals surface area contributed by atoms with Gasteiger partial charge in [-0.1, -0.05) is 125 Å². The Hall–Kier alpha value is -1.66. The third-order valence-corrected chi connectivity index (χ3v) is 5.33. The van der Waals surface area contributed by atoms with Gasteiger partial charge in [0.15, 0.2) is 17.3 Å². The van der Waals surface area contributed by atoms with Crippen molar-refractivity contribution in [2.24, 2.45) is 32.5 Å². The number of carbonyl (C=O) groups is 3. The van der Waals surface area contributed by atoms with Crippen molar-refractivity contribution in [2.75, 3.05) is 0 Å². The van der Waals surface area contributed by atoms with Crippen molar-refractivity contribution in [3.8, 4) is 0 Å². The largest absolute Gasteiger partial charge is 0.512 e. The van der Waals surface area contributed by atoms with Crippen LogP contribution in [0, 0.1) is 32.5 Å². The first kappa shape index (κ1) is 45.3. The van der Waals surface area contributed by atoms with E-state index >= 15 is 0 Å². The normalized spacial score (nSPS) is 14.1. The van der Waals surface area contributed by atoms with E-state index in [0.29, 0.717) is 0 Å². The molecule has 0 aliphatic rings. The summed E-state index contributed by atoms with van der Waals surface area (Å²) in [6, 6.07) is 0. The summed E-state index contributed by atoms with van der Waals surface area (Å²) in [6.07, 6.45) is 4.00. The van der Waals surface area contributed by atoms with Crippen LogP contribution in [-0.2, 0) is 36.1 Å². The van der Waals surface area contributed by atoms with Gasteiger partial charge in [-0.3, -0.25) is 14.4 Å². The molecule has 0 saturated carbocycles. The second-order valence-corrected chi connectivity index (χ2v) is 16.2. The maximum Gasteiger partial charge on any atom is 0.164 e. The Balaban J connectivity index is -0.000000240. The molecule has 0 rings (SSSR count). The smallest absolute Gasteiger partial charge is 0.164 e. The molecule has 6 nitrogen and oxygen atoms in total. The van der Waals surface area contributed by atoms with Crippen molar-refractivity contribution < 1.29 is 51.4 Å². The zero-order valence-electron chi connectivity index (χ0n) is 28.8. The Morgan fingerprint density at radius 1 is 0.350 bits per heavy atom. The van der Waals surface area contributed by atoms with E-state index < -0.39 is 16.2 Å². The van der Waals surface area contributed by atoms with E-state index in [1.807, 2.05) is 125 Å². The first-order valence-electron chi connectivity index (χ1n) is 13.5. The first-order chi connectivity index (χ1) is 16.6. The molecular formula is C33H60O6Ti. The third kappa shape index (κ3) is 21.1. The molecule has 7 heteroatoms. The zero-order valence-corrected chi connectivity index (χ0v) is 30.4. The molecular weight excluding hydrogens is 540 g/mol. The summed E-state index contributed by atoms with van der Waals surface area (Å²) in [7, 11) is 0. The van der Waals surface area contributed by atoms with Crippen molar-refractivity contribution in [3.63, 3.8) is 0 Å². The summed E-state index contributed by atoms with van der Waals surface area (Å²) in [5, 5.41) is 28.7. The molecule has 0 amide bonds. The van der Waals surface area contributed by atoms with E-state index in [-0.39, 0.29) is 72.6 Å². The average Bonchev–Trinajstić information content (AvgIpc) is 2.64. The monoisotopic (exact) mass is 600 g/mol. The number of aliphatic hydroxyl groups is 3. The SMILES string of the molecule is CC(C)(C)C(=O)C=C(O)C(C)(C)C.CC(C)(C)C(=O)C=C(O)C(C)(C)C.CC(C)(C)C(=O)C=C(O)C(C)(C)C.[Ti]. The van der Waals surface area contributed by atoms with Crippen LogP contribution in [0.25, 0.3) is 0 Å². The first-order valence-corrected chi connectivity index (χ1v) is 13.5. The Kier molecular flexibility index (Phi) is 18.3. The standard InChI is InChI=1S/3C11H20O2.Ti/c3*1-10(2,3)8(12)7-9(13)11(4,5)6;/h3*7,12H,1-6H3;. The van der Waals surface area contributed by atoms with Gasteiger partial charge in [0.1, 0.15) is 17.3 Å². The van der Waals surface area contributed by atoms with Crippen LogP contribution < -0.4 is 0 Å². The molecule has 232 valence electrons. The molecule has 0 heterocycles. The Morgan fingerprint density at radius 2 is 0.475 bits per heavy atom. The third-order valence-electron chi connectivity index (χ3n) is 5.33. The Bertz CT molecular complexity index is 801. The summed E-state index contributed by atoms with van der Waals surface area (Å²) in [4.78, 5) is 34.5. The second-order valence-electron chi connectivity index (χ2n) is 16.2. The molecule has 0 radical (unpaired) electrons. The van der Waals surface area contributed by atoms with Gasteiger partial charge >= 0.3 is 0 Å². The van der Waals surface area contributed by atoms with Crippen LogP contribution in [0.2, 0.25) is 0 Å². The molecule has 0 unspecified atom stereocenters. The zero-order chi connectivity index (χ0) is 32.6. The fourth-order valence-electron chi connectivity index (χ4n) is 1.67. The number of aliphatic hydroxyl groups excluding tert-OH is 3. The maximum atomic E-state index is 11.5. The van der Waals surface area contributed by atoms with Crippen molar-refractivity contribution in [1.29, 1.82) is 0 Å². The van der Waals surface area contributed by atoms with Crippen LogP contribution in [0.15, 0.2) is 35.5 Å². The van der Waals surface area contributed by atoms with E-state index in [0.717, 1.165) is 0 Å². The van der Waals surface area contributed by atoms with Gasteiger partial charge in [0.05, 0.1) is 0 Å². The fourth-order valence-corrected chi connectivity index (χ4v) is 1.67. The van der Waals surface area contributed by atoms with Gasteiger partial charge in [0, 0.05) is 72.4 Å². The molecule has 0 aromatic carbocycles. The van der Waals surface area contributed by atoms with E-state index in [1.165, 1.54) is 18.2 Å². The predicted molar refractivity (Wildman–Crippen MR) is 164 cm³/mol. The minimum absolute atomic E-state index is 0. The van der Waals surface area contributed by atoms with E-state index in [9.17, 15) is 29.7 Å². The van der Waals surface area contributed by atoms with Crippen molar-refractivity contribution in [2.45, 2.75) is 125 Å². The summed E-state index contributed by atoms with van der Waals surface area (Å²) >= 11 is 0. The van der Waals surface area contributed by atoms with Gasteiger partial charge in [0.2, 0.25) is 0 Å².